The number of hydrogen-bond acceptors (Lipinski definition) is 4. The van der Waals surface area contributed by atoms with Crippen molar-refractivity contribution in [1.29, 1.82) is 0 Å². The van der Waals surface area contributed by atoms with Crippen LogP contribution in [0.3, 0.4) is 0 Å². The van der Waals surface area contributed by atoms with Crippen LogP contribution in [0.5, 0.6) is 0 Å². The molecule has 1 saturated carbocycles. The number of alkyl halides is 3. The van der Waals surface area contributed by atoms with Gasteiger partial charge in [-0.2, -0.15) is 13.2 Å². The minimum absolute atomic E-state index is 0.0406. The molecule has 2 N–H and O–H groups in total. The van der Waals surface area contributed by atoms with E-state index in [1.54, 1.807) is 6.07 Å². The highest BCUT2D eigenvalue weighted by Crippen LogP contribution is 2.34. The van der Waals surface area contributed by atoms with E-state index < -0.39 is 46.8 Å². The molecular formula is C20H17F5N2O3. The molecule has 2 aromatic carbocycles. The molecule has 1 amide bonds. The van der Waals surface area contributed by atoms with Gasteiger partial charge in [0.15, 0.2) is 23.6 Å². The van der Waals surface area contributed by atoms with Crippen LogP contribution in [-0.2, 0) is 15.8 Å². The van der Waals surface area contributed by atoms with Gasteiger partial charge in [0, 0.05) is 0 Å². The van der Waals surface area contributed by atoms with Crippen LogP contribution in [0.4, 0.5) is 22.0 Å². The standard InChI is InChI=1S/C20H17F5N2O3/c21-14-9-8-13(20(23,24)25)15(16(14)22)18(27-30-10-11-6-7-11)26-19(29)17(28)12-4-2-1-3-5-12/h1-5,8-9,11,17,28H,6-7,10H2,(H,26,27,29). The average molecular weight is 428 g/mol. The third kappa shape index (κ3) is 5.12. The highest BCUT2D eigenvalue weighted by Gasteiger charge is 2.38. The summed E-state index contributed by atoms with van der Waals surface area (Å²) < 4.78 is 68.3. The van der Waals surface area contributed by atoms with Crippen LogP contribution in [0, 0.1) is 17.6 Å². The lowest BCUT2D eigenvalue weighted by atomic mass is 10.0. The minimum Gasteiger partial charge on any atom is -0.394 e. The van der Waals surface area contributed by atoms with E-state index >= 15 is 0 Å². The normalized spacial score (nSPS) is 15.6. The summed E-state index contributed by atoms with van der Waals surface area (Å²) in [5.41, 5.74) is -2.72. The monoisotopic (exact) mass is 428 g/mol. The first-order valence-corrected chi connectivity index (χ1v) is 8.98. The Morgan fingerprint density at radius 3 is 2.43 bits per heavy atom. The van der Waals surface area contributed by atoms with Gasteiger partial charge >= 0.3 is 6.18 Å². The zero-order valence-corrected chi connectivity index (χ0v) is 15.4. The molecule has 0 bridgehead atoms. The Labute approximate surface area is 168 Å². The highest BCUT2D eigenvalue weighted by atomic mass is 19.4. The first-order valence-electron chi connectivity index (χ1n) is 8.98. The van der Waals surface area contributed by atoms with Gasteiger partial charge in [-0.15, -0.1) is 0 Å². The molecule has 160 valence electrons. The van der Waals surface area contributed by atoms with Gasteiger partial charge in [-0.1, -0.05) is 35.5 Å². The molecule has 0 spiro atoms. The van der Waals surface area contributed by atoms with Gasteiger partial charge in [0.25, 0.3) is 5.91 Å². The van der Waals surface area contributed by atoms with Gasteiger partial charge in [-0.3, -0.25) is 4.79 Å². The molecule has 0 aliphatic heterocycles. The van der Waals surface area contributed by atoms with E-state index in [1.807, 2.05) is 5.32 Å². The second-order valence-electron chi connectivity index (χ2n) is 6.76. The maximum atomic E-state index is 14.4. The second kappa shape index (κ2) is 8.78. The molecule has 0 aromatic heterocycles. The number of rotatable bonds is 6. The van der Waals surface area contributed by atoms with Gasteiger partial charge in [-0.05, 0) is 36.5 Å². The Morgan fingerprint density at radius 1 is 1.17 bits per heavy atom. The molecule has 1 fully saturated rings. The average Bonchev–Trinajstić information content (AvgIpc) is 3.52. The van der Waals surface area contributed by atoms with Crippen LogP contribution < -0.4 is 5.32 Å². The summed E-state index contributed by atoms with van der Waals surface area (Å²) in [6, 6.07) is 8.18. The van der Waals surface area contributed by atoms with Crippen molar-refractivity contribution in [3.63, 3.8) is 0 Å². The maximum Gasteiger partial charge on any atom is 0.417 e. The molecule has 5 nitrogen and oxygen atoms in total. The number of oxime groups is 1. The molecule has 1 atom stereocenters. The van der Waals surface area contributed by atoms with Crippen LogP contribution in [0.25, 0.3) is 0 Å². The molecule has 0 heterocycles. The van der Waals surface area contributed by atoms with E-state index in [1.165, 1.54) is 24.3 Å². The maximum absolute atomic E-state index is 14.4. The predicted molar refractivity (Wildman–Crippen MR) is 96.1 cm³/mol. The number of carbonyl (C=O) groups is 1. The van der Waals surface area contributed by atoms with Gasteiger partial charge < -0.3 is 15.3 Å². The van der Waals surface area contributed by atoms with Gasteiger partial charge in [-0.25, -0.2) is 8.78 Å². The van der Waals surface area contributed by atoms with Crippen LogP contribution in [0.2, 0.25) is 0 Å². The molecule has 1 aliphatic carbocycles. The van der Waals surface area contributed by atoms with Crippen molar-refractivity contribution >= 4 is 11.7 Å². The molecule has 0 saturated heterocycles. The summed E-state index contributed by atoms with van der Waals surface area (Å²) in [6.07, 6.45) is -5.17. The quantitative estimate of drug-likeness (QED) is 0.317. The Hall–Kier alpha value is -3.01. The number of hydrogen-bond donors (Lipinski definition) is 2. The Morgan fingerprint density at radius 2 is 1.83 bits per heavy atom. The molecule has 2 aromatic rings. The number of benzene rings is 2. The Balaban J connectivity index is 1.97. The summed E-state index contributed by atoms with van der Waals surface area (Å²) in [6.45, 7) is 0.0406. The van der Waals surface area contributed by atoms with E-state index in [9.17, 15) is 31.9 Å². The van der Waals surface area contributed by atoms with Gasteiger partial charge in [0.05, 0.1) is 11.1 Å². The van der Waals surface area contributed by atoms with E-state index in [0.717, 1.165) is 12.8 Å². The summed E-state index contributed by atoms with van der Waals surface area (Å²) in [5.74, 6) is -5.44. The lowest BCUT2D eigenvalue weighted by Gasteiger charge is -2.18. The number of aliphatic hydroxyl groups is 1. The van der Waals surface area contributed by atoms with Crippen LogP contribution >= 0.6 is 0 Å². The lowest BCUT2D eigenvalue weighted by Crippen LogP contribution is -2.37. The molecule has 10 heteroatoms. The van der Waals surface area contributed by atoms with Gasteiger partial charge in [0.1, 0.15) is 6.61 Å². The third-order valence-corrected chi connectivity index (χ3v) is 4.41. The Kier molecular flexibility index (Phi) is 6.35. The summed E-state index contributed by atoms with van der Waals surface area (Å²) >= 11 is 0. The van der Waals surface area contributed by atoms with Crippen molar-refractivity contribution in [3.8, 4) is 0 Å². The van der Waals surface area contributed by atoms with Gasteiger partial charge in [0.2, 0.25) is 0 Å². The zero-order chi connectivity index (χ0) is 21.9. The van der Waals surface area contributed by atoms with E-state index in [2.05, 4.69) is 5.16 Å². The van der Waals surface area contributed by atoms with Crippen LogP contribution in [0.15, 0.2) is 47.6 Å². The zero-order valence-electron chi connectivity index (χ0n) is 15.4. The second-order valence-corrected chi connectivity index (χ2v) is 6.76. The first-order chi connectivity index (χ1) is 14.2. The third-order valence-electron chi connectivity index (χ3n) is 4.41. The van der Waals surface area contributed by atoms with Crippen molar-refractivity contribution < 1.29 is 36.7 Å². The van der Waals surface area contributed by atoms with E-state index in [-0.39, 0.29) is 18.1 Å². The number of halogens is 5. The van der Waals surface area contributed by atoms with Crippen LogP contribution in [0.1, 0.15) is 35.6 Å². The fourth-order valence-electron chi connectivity index (χ4n) is 2.61. The Bertz CT molecular complexity index is 943. The van der Waals surface area contributed by atoms with Crippen molar-refractivity contribution in [2.75, 3.05) is 6.61 Å². The number of nitrogens with zero attached hydrogens (tertiary/aromatic N) is 1. The molecule has 3 rings (SSSR count). The molecular weight excluding hydrogens is 411 g/mol. The largest absolute Gasteiger partial charge is 0.417 e. The van der Waals surface area contributed by atoms with Crippen molar-refractivity contribution in [1.82, 2.24) is 5.32 Å². The molecule has 1 unspecified atom stereocenters. The molecule has 30 heavy (non-hydrogen) atoms. The number of amidine groups is 1. The highest BCUT2D eigenvalue weighted by molar-refractivity contribution is 6.09. The summed E-state index contributed by atoms with van der Waals surface area (Å²) in [4.78, 5) is 17.4. The van der Waals surface area contributed by atoms with Crippen LogP contribution in [-0.4, -0.2) is 23.5 Å². The fraction of sp³-hybridized carbons (Fsp3) is 0.300. The fourth-order valence-corrected chi connectivity index (χ4v) is 2.61. The number of amides is 1. The summed E-state index contributed by atoms with van der Waals surface area (Å²) in [5, 5.41) is 15.5. The minimum atomic E-state index is -5.07. The van der Waals surface area contributed by atoms with Crippen molar-refractivity contribution in [3.05, 3.63) is 70.8 Å². The predicted octanol–water partition coefficient (Wildman–Crippen LogP) is 3.92. The number of carbonyl (C=O) groups excluding carboxylic acids is 1. The first kappa shape index (κ1) is 21.7. The van der Waals surface area contributed by atoms with Crippen molar-refractivity contribution in [2.24, 2.45) is 11.1 Å². The topological polar surface area (TPSA) is 70.9 Å². The molecule has 1 aliphatic rings. The number of aliphatic hydroxyl groups excluding tert-OH is 1. The van der Waals surface area contributed by atoms with E-state index in [0.29, 0.717) is 12.1 Å². The van der Waals surface area contributed by atoms with E-state index in [4.69, 9.17) is 4.84 Å². The smallest absolute Gasteiger partial charge is 0.394 e. The molecule has 0 radical (unpaired) electrons. The summed E-state index contributed by atoms with van der Waals surface area (Å²) in [7, 11) is 0. The van der Waals surface area contributed by atoms with Crippen molar-refractivity contribution in [2.45, 2.75) is 25.1 Å². The number of nitrogens with one attached hydrogen (secondary N) is 1. The SMILES string of the molecule is O=C(N/C(=N\OCC1CC1)c1c(C(F)(F)F)ccc(F)c1F)C(O)c1ccccc1. The lowest BCUT2D eigenvalue weighted by molar-refractivity contribution is -0.138.